The lowest BCUT2D eigenvalue weighted by molar-refractivity contribution is 0.396. The first-order chi connectivity index (χ1) is 18.4. The van der Waals surface area contributed by atoms with Crippen molar-refractivity contribution in [2.24, 2.45) is 0 Å². The molecule has 0 saturated heterocycles. The zero-order valence-corrected chi connectivity index (χ0v) is 24.1. The van der Waals surface area contributed by atoms with Gasteiger partial charge in [0, 0.05) is 21.8 Å². The monoisotopic (exact) mass is 538 g/mol. The van der Waals surface area contributed by atoms with Gasteiger partial charge in [0.15, 0.2) is 6.17 Å². The van der Waals surface area contributed by atoms with Crippen LogP contribution in [-0.4, -0.2) is 25.3 Å². The minimum Gasteiger partial charge on any atom is -0.240 e. The Labute approximate surface area is 235 Å². The summed E-state index contributed by atoms with van der Waals surface area (Å²) in [5.41, 5.74) is 7.86. The standard InChI is InChI=1S/C32H34N4S2/c1-23-21-25(3)35(33-23)31(36-26(4)22-24(2)34-36)29-17-11-12-18-30(29)38-20-19-32(37,27-13-7-5-8-14-27)28-15-9-6-10-16-28/h5-18,21-22,31,37H,19-20H2,1-4H3. The molecular weight excluding hydrogens is 505 g/mol. The lowest BCUT2D eigenvalue weighted by Crippen LogP contribution is -2.25. The summed E-state index contributed by atoms with van der Waals surface area (Å²) in [5.74, 6) is 0.908. The minimum atomic E-state index is -0.380. The van der Waals surface area contributed by atoms with Crippen LogP contribution >= 0.6 is 24.4 Å². The fourth-order valence-corrected chi connectivity index (χ4v) is 6.88. The van der Waals surface area contributed by atoms with Crippen molar-refractivity contribution in [3.8, 4) is 0 Å². The molecule has 0 fully saturated rings. The molecule has 3 aromatic carbocycles. The number of thiol groups is 1. The third-order valence-electron chi connectivity index (χ3n) is 6.97. The SMILES string of the molecule is Cc1cc(C)n(C(c2ccccc2SCCC(S)(c2ccccc2)c2ccccc2)n2nc(C)cc2C)n1. The molecule has 0 radical (unpaired) electrons. The summed E-state index contributed by atoms with van der Waals surface area (Å²) >= 11 is 7.19. The third-order valence-corrected chi connectivity index (χ3v) is 8.80. The molecular formula is C32H34N4S2. The molecule has 6 heteroatoms. The van der Waals surface area contributed by atoms with Gasteiger partial charge in [0.25, 0.3) is 0 Å². The van der Waals surface area contributed by atoms with Gasteiger partial charge in [0.2, 0.25) is 0 Å². The highest BCUT2D eigenvalue weighted by molar-refractivity contribution is 7.99. The van der Waals surface area contributed by atoms with Crippen molar-refractivity contribution in [3.63, 3.8) is 0 Å². The maximum atomic E-state index is 5.32. The van der Waals surface area contributed by atoms with Gasteiger partial charge in [-0.15, -0.1) is 11.8 Å². The van der Waals surface area contributed by atoms with Crippen molar-refractivity contribution >= 4 is 24.4 Å². The molecule has 0 amide bonds. The highest BCUT2D eigenvalue weighted by Gasteiger charge is 2.30. The van der Waals surface area contributed by atoms with Gasteiger partial charge in [0.1, 0.15) is 0 Å². The molecule has 0 unspecified atom stereocenters. The number of benzene rings is 3. The topological polar surface area (TPSA) is 35.6 Å². The Kier molecular flexibility index (Phi) is 7.82. The Morgan fingerprint density at radius 1 is 0.711 bits per heavy atom. The summed E-state index contributed by atoms with van der Waals surface area (Å²) in [6.07, 6.45) is 0.721. The molecule has 0 spiro atoms. The van der Waals surface area contributed by atoms with Gasteiger partial charge in [-0.25, -0.2) is 9.36 Å². The van der Waals surface area contributed by atoms with E-state index in [1.165, 1.54) is 21.6 Å². The van der Waals surface area contributed by atoms with Crippen molar-refractivity contribution in [2.45, 2.75) is 49.9 Å². The van der Waals surface area contributed by atoms with E-state index in [4.69, 9.17) is 22.8 Å². The molecule has 0 atom stereocenters. The summed E-state index contributed by atoms with van der Waals surface area (Å²) < 4.78 is 3.82. The molecule has 0 N–H and O–H groups in total. The van der Waals surface area contributed by atoms with E-state index in [1.807, 2.05) is 25.6 Å². The van der Waals surface area contributed by atoms with Crippen LogP contribution in [0.1, 0.15) is 52.1 Å². The first kappa shape index (κ1) is 26.4. The highest BCUT2D eigenvalue weighted by atomic mass is 32.2. The van der Waals surface area contributed by atoms with Crippen LogP contribution in [0.4, 0.5) is 0 Å². The number of nitrogens with zero attached hydrogens (tertiary/aromatic N) is 4. The van der Waals surface area contributed by atoms with Gasteiger partial charge in [-0.2, -0.15) is 22.8 Å². The highest BCUT2D eigenvalue weighted by Crippen LogP contribution is 2.42. The van der Waals surface area contributed by atoms with Crippen LogP contribution in [-0.2, 0) is 4.75 Å². The summed E-state index contributed by atoms with van der Waals surface area (Å²) in [6, 6.07) is 34.1. The van der Waals surface area contributed by atoms with Crippen molar-refractivity contribution < 1.29 is 0 Å². The zero-order chi connectivity index (χ0) is 26.7. The minimum absolute atomic E-state index is 0.162. The van der Waals surface area contributed by atoms with Gasteiger partial charge < -0.3 is 0 Å². The Bertz CT molecular complexity index is 1420. The van der Waals surface area contributed by atoms with Gasteiger partial charge in [-0.3, -0.25) is 0 Å². The lowest BCUT2D eigenvalue weighted by Gasteiger charge is -2.30. The van der Waals surface area contributed by atoms with Crippen LogP contribution < -0.4 is 0 Å². The van der Waals surface area contributed by atoms with E-state index in [-0.39, 0.29) is 10.9 Å². The fourth-order valence-electron chi connectivity index (χ4n) is 5.17. The molecule has 2 heterocycles. The predicted molar refractivity (Wildman–Crippen MR) is 161 cm³/mol. The molecule has 2 aromatic heterocycles. The van der Waals surface area contributed by atoms with E-state index >= 15 is 0 Å². The molecule has 0 aliphatic carbocycles. The molecule has 194 valence electrons. The van der Waals surface area contributed by atoms with Crippen molar-refractivity contribution in [1.82, 2.24) is 19.6 Å². The van der Waals surface area contributed by atoms with Crippen LogP contribution in [0.15, 0.2) is 102 Å². The quantitative estimate of drug-likeness (QED) is 0.154. The Balaban J connectivity index is 1.49. The van der Waals surface area contributed by atoms with Crippen molar-refractivity contribution in [3.05, 3.63) is 137 Å². The molecule has 38 heavy (non-hydrogen) atoms. The maximum Gasteiger partial charge on any atom is 0.170 e. The molecule has 4 nitrogen and oxygen atoms in total. The summed E-state index contributed by atoms with van der Waals surface area (Å²) in [6.45, 7) is 8.32. The lowest BCUT2D eigenvalue weighted by atomic mass is 9.88. The van der Waals surface area contributed by atoms with Crippen molar-refractivity contribution in [1.29, 1.82) is 0 Å². The normalized spacial score (nSPS) is 11.8. The average Bonchev–Trinajstić information content (AvgIpc) is 3.44. The van der Waals surface area contributed by atoms with E-state index in [1.54, 1.807) is 0 Å². The van der Waals surface area contributed by atoms with E-state index in [0.717, 1.165) is 34.9 Å². The van der Waals surface area contributed by atoms with E-state index in [9.17, 15) is 0 Å². The number of rotatable bonds is 9. The van der Waals surface area contributed by atoms with E-state index < -0.39 is 0 Å². The second-order valence-electron chi connectivity index (χ2n) is 9.85. The average molecular weight is 539 g/mol. The van der Waals surface area contributed by atoms with Gasteiger partial charge in [-0.1, -0.05) is 78.9 Å². The second kappa shape index (κ2) is 11.3. The number of hydrogen-bond acceptors (Lipinski definition) is 4. The van der Waals surface area contributed by atoms with Gasteiger partial charge in [-0.05, 0) is 69.2 Å². The molecule has 0 bridgehead atoms. The van der Waals surface area contributed by atoms with Crippen LogP contribution in [0.2, 0.25) is 0 Å². The van der Waals surface area contributed by atoms with E-state index in [0.29, 0.717) is 0 Å². The molecule has 0 aliphatic heterocycles. The van der Waals surface area contributed by atoms with Crippen LogP contribution in [0.25, 0.3) is 0 Å². The Morgan fingerprint density at radius 3 is 1.66 bits per heavy atom. The molecule has 0 aliphatic rings. The number of aromatic nitrogens is 4. The first-order valence-corrected chi connectivity index (χ1v) is 14.4. The summed E-state index contributed by atoms with van der Waals surface area (Å²) in [4.78, 5) is 1.23. The summed E-state index contributed by atoms with van der Waals surface area (Å²) in [5, 5.41) is 9.78. The second-order valence-corrected chi connectivity index (χ2v) is 11.7. The summed E-state index contributed by atoms with van der Waals surface area (Å²) in [7, 11) is 0. The fraction of sp³-hybridized carbons (Fsp3) is 0.250. The molecule has 5 rings (SSSR count). The van der Waals surface area contributed by atoms with Gasteiger partial charge >= 0.3 is 0 Å². The predicted octanol–water partition coefficient (Wildman–Crippen LogP) is 7.76. The molecule has 5 aromatic rings. The number of thioether (sulfide) groups is 1. The van der Waals surface area contributed by atoms with Gasteiger partial charge in [0.05, 0.1) is 16.1 Å². The third kappa shape index (κ3) is 5.33. The van der Waals surface area contributed by atoms with Crippen LogP contribution in [0.5, 0.6) is 0 Å². The Hall–Kier alpha value is -3.22. The Morgan fingerprint density at radius 2 is 1.18 bits per heavy atom. The van der Waals surface area contributed by atoms with E-state index in [2.05, 4.69) is 120 Å². The van der Waals surface area contributed by atoms with Crippen LogP contribution in [0.3, 0.4) is 0 Å². The largest absolute Gasteiger partial charge is 0.240 e. The smallest absolute Gasteiger partial charge is 0.170 e. The maximum absolute atomic E-state index is 5.32. The zero-order valence-electron chi connectivity index (χ0n) is 22.4. The van der Waals surface area contributed by atoms with Crippen molar-refractivity contribution in [2.75, 3.05) is 5.75 Å². The number of aryl methyl sites for hydroxylation is 4. The number of hydrogen-bond donors (Lipinski definition) is 1. The first-order valence-electron chi connectivity index (χ1n) is 13.0. The van der Waals surface area contributed by atoms with Crippen LogP contribution in [0, 0.1) is 27.7 Å². The molecule has 0 saturated carbocycles.